The van der Waals surface area contributed by atoms with Gasteiger partial charge in [0.05, 0.1) is 23.7 Å². The molecule has 0 bridgehead atoms. The molecule has 3 rings (SSSR count). The molecule has 2 aromatic carbocycles. The van der Waals surface area contributed by atoms with E-state index in [-0.39, 0.29) is 5.91 Å². The van der Waals surface area contributed by atoms with E-state index in [4.69, 9.17) is 0 Å². The highest BCUT2D eigenvalue weighted by atomic mass is 32.2. The van der Waals surface area contributed by atoms with Crippen LogP contribution in [0.5, 0.6) is 0 Å². The lowest BCUT2D eigenvalue weighted by atomic mass is 10.1. The molecule has 25 heavy (non-hydrogen) atoms. The number of carbonyl (C=O) groups is 1. The van der Waals surface area contributed by atoms with Gasteiger partial charge in [-0.05, 0) is 24.3 Å². The number of amides is 1. The number of hydrogen-bond donors (Lipinski definition) is 3. The van der Waals surface area contributed by atoms with Crippen molar-refractivity contribution in [3.05, 3.63) is 66.4 Å². The third-order valence-corrected chi connectivity index (χ3v) is 4.00. The fourth-order valence-corrected chi connectivity index (χ4v) is 2.88. The minimum Gasteiger partial charge on any atom is -0.322 e. The van der Waals surface area contributed by atoms with Crippen LogP contribution in [0.25, 0.3) is 11.3 Å². The Balaban J connectivity index is 1.76. The number of nitrogens with one attached hydrogen (secondary N) is 3. The first-order valence-electron chi connectivity index (χ1n) is 7.40. The molecular weight excluding hydrogens is 340 g/mol. The molecule has 8 heteroatoms. The fraction of sp³-hybridized carbons (Fsp3) is 0.0588. The summed E-state index contributed by atoms with van der Waals surface area (Å²) in [6.07, 6.45) is 2.55. The van der Waals surface area contributed by atoms with E-state index in [1.807, 2.05) is 30.3 Å². The van der Waals surface area contributed by atoms with Crippen molar-refractivity contribution in [1.29, 1.82) is 0 Å². The van der Waals surface area contributed by atoms with Gasteiger partial charge in [-0.3, -0.25) is 14.6 Å². The summed E-state index contributed by atoms with van der Waals surface area (Å²) in [4.78, 5) is 12.5. The fourth-order valence-electron chi connectivity index (χ4n) is 2.32. The number of nitrogens with zero attached hydrogens (tertiary/aromatic N) is 1. The molecule has 0 radical (unpaired) electrons. The van der Waals surface area contributed by atoms with Gasteiger partial charge in [0.25, 0.3) is 5.91 Å². The predicted octanol–water partition coefficient (Wildman–Crippen LogP) is 2.70. The van der Waals surface area contributed by atoms with Crippen LogP contribution in [0.3, 0.4) is 0 Å². The molecule has 7 nitrogen and oxygen atoms in total. The highest BCUT2D eigenvalue weighted by Gasteiger charge is 2.15. The monoisotopic (exact) mass is 356 g/mol. The van der Waals surface area contributed by atoms with Crippen molar-refractivity contribution in [2.24, 2.45) is 0 Å². The summed E-state index contributed by atoms with van der Waals surface area (Å²) in [5.41, 5.74) is 2.88. The molecule has 3 aromatic rings. The number of aromatic amines is 1. The predicted molar refractivity (Wildman–Crippen MR) is 96.9 cm³/mol. The van der Waals surface area contributed by atoms with Gasteiger partial charge in [0.1, 0.15) is 0 Å². The first kappa shape index (κ1) is 16.7. The number of anilines is 2. The maximum Gasteiger partial charge on any atom is 0.259 e. The zero-order chi connectivity index (χ0) is 17.9. The van der Waals surface area contributed by atoms with Crippen LogP contribution in [0.2, 0.25) is 0 Å². The molecule has 128 valence electrons. The lowest BCUT2D eigenvalue weighted by Crippen LogP contribution is -2.13. The highest BCUT2D eigenvalue weighted by molar-refractivity contribution is 7.92. The zero-order valence-corrected chi connectivity index (χ0v) is 14.2. The third-order valence-electron chi connectivity index (χ3n) is 3.39. The Bertz CT molecular complexity index is 980. The average molecular weight is 356 g/mol. The second kappa shape index (κ2) is 6.78. The molecular formula is C17H16N4O3S. The van der Waals surface area contributed by atoms with E-state index in [2.05, 4.69) is 20.2 Å². The molecule has 3 N–H and O–H groups in total. The van der Waals surface area contributed by atoms with Crippen LogP contribution in [0.15, 0.2) is 60.8 Å². The smallest absolute Gasteiger partial charge is 0.259 e. The van der Waals surface area contributed by atoms with Crippen LogP contribution in [0.4, 0.5) is 11.4 Å². The SMILES string of the molecule is CS(=O)(=O)Nc1ccc(NC(=O)c2cn[nH]c2-c2ccccc2)cc1. The van der Waals surface area contributed by atoms with E-state index in [1.54, 1.807) is 24.3 Å². The van der Waals surface area contributed by atoms with Crippen molar-refractivity contribution in [3.8, 4) is 11.3 Å². The van der Waals surface area contributed by atoms with Crippen molar-refractivity contribution in [2.45, 2.75) is 0 Å². The van der Waals surface area contributed by atoms with Crippen molar-refractivity contribution in [1.82, 2.24) is 10.2 Å². The second-order valence-corrected chi connectivity index (χ2v) is 7.18. The van der Waals surface area contributed by atoms with Crippen molar-refractivity contribution >= 4 is 27.3 Å². The van der Waals surface area contributed by atoms with Crippen LogP contribution in [-0.4, -0.2) is 30.8 Å². The van der Waals surface area contributed by atoms with Crippen LogP contribution in [0.1, 0.15) is 10.4 Å². The standard InChI is InChI=1S/C17H16N4O3S/c1-25(23,24)21-14-9-7-13(8-10-14)19-17(22)15-11-18-20-16(15)12-5-3-2-4-6-12/h2-11,21H,1H3,(H,18,20)(H,19,22). The second-order valence-electron chi connectivity index (χ2n) is 5.43. The van der Waals surface area contributed by atoms with E-state index < -0.39 is 10.0 Å². The van der Waals surface area contributed by atoms with E-state index in [1.165, 1.54) is 6.20 Å². The number of H-pyrrole nitrogens is 1. The molecule has 0 aliphatic heterocycles. The van der Waals surface area contributed by atoms with Gasteiger partial charge >= 0.3 is 0 Å². The Kier molecular flexibility index (Phi) is 4.53. The van der Waals surface area contributed by atoms with Gasteiger partial charge in [0.15, 0.2) is 0 Å². The number of carbonyl (C=O) groups excluding carboxylic acids is 1. The number of hydrogen-bond acceptors (Lipinski definition) is 4. The Morgan fingerprint density at radius 3 is 2.28 bits per heavy atom. The topological polar surface area (TPSA) is 104 Å². The summed E-state index contributed by atoms with van der Waals surface area (Å²) in [7, 11) is -3.33. The summed E-state index contributed by atoms with van der Waals surface area (Å²) < 4.78 is 24.8. The quantitative estimate of drug-likeness (QED) is 0.654. The van der Waals surface area contributed by atoms with Gasteiger partial charge in [-0.2, -0.15) is 5.10 Å². The van der Waals surface area contributed by atoms with E-state index in [0.717, 1.165) is 11.8 Å². The number of rotatable bonds is 5. The van der Waals surface area contributed by atoms with Crippen LogP contribution in [-0.2, 0) is 10.0 Å². The molecule has 0 saturated carbocycles. The molecule has 0 fully saturated rings. The molecule has 0 saturated heterocycles. The first-order valence-corrected chi connectivity index (χ1v) is 9.29. The molecule has 0 spiro atoms. The largest absolute Gasteiger partial charge is 0.322 e. The molecule has 0 atom stereocenters. The summed E-state index contributed by atoms with van der Waals surface area (Å²) in [6, 6.07) is 15.8. The van der Waals surface area contributed by atoms with Crippen LogP contribution in [0, 0.1) is 0 Å². The lowest BCUT2D eigenvalue weighted by molar-refractivity contribution is 0.102. The molecule has 0 unspecified atom stereocenters. The van der Waals surface area contributed by atoms with E-state index in [0.29, 0.717) is 22.6 Å². The van der Waals surface area contributed by atoms with E-state index >= 15 is 0 Å². The summed E-state index contributed by atoms with van der Waals surface area (Å²) >= 11 is 0. The molecule has 1 heterocycles. The summed E-state index contributed by atoms with van der Waals surface area (Å²) in [6.45, 7) is 0. The van der Waals surface area contributed by atoms with Gasteiger partial charge in [-0.1, -0.05) is 30.3 Å². The molecule has 0 aliphatic rings. The Labute approximate surface area is 145 Å². The molecule has 0 aliphatic carbocycles. The number of aromatic nitrogens is 2. The first-order chi connectivity index (χ1) is 11.9. The van der Waals surface area contributed by atoms with Crippen molar-refractivity contribution < 1.29 is 13.2 Å². The Hall–Kier alpha value is -3.13. The normalized spacial score (nSPS) is 11.1. The van der Waals surface area contributed by atoms with Crippen molar-refractivity contribution in [2.75, 3.05) is 16.3 Å². The number of sulfonamides is 1. The number of benzene rings is 2. The maximum absolute atomic E-state index is 12.5. The Morgan fingerprint density at radius 2 is 1.64 bits per heavy atom. The van der Waals surface area contributed by atoms with E-state index in [9.17, 15) is 13.2 Å². The minimum atomic E-state index is -3.33. The third kappa shape index (κ3) is 4.24. The molecule has 1 amide bonds. The van der Waals surface area contributed by atoms with Gasteiger partial charge < -0.3 is 5.32 Å². The highest BCUT2D eigenvalue weighted by Crippen LogP contribution is 2.22. The summed E-state index contributed by atoms with van der Waals surface area (Å²) in [5.74, 6) is -0.309. The molecule has 1 aromatic heterocycles. The van der Waals surface area contributed by atoms with Gasteiger partial charge in [-0.25, -0.2) is 8.42 Å². The van der Waals surface area contributed by atoms with Gasteiger partial charge in [0, 0.05) is 16.9 Å². The van der Waals surface area contributed by atoms with Crippen LogP contribution >= 0.6 is 0 Å². The average Bonchev–Trinajstić information content (AvgIpc) is 3.06. The lowest BCUT2D eigenvalue weighted by Gasteiger charge is -2.08. The van der Waals surface area contributed by atoms with Gasteiger partial charge in [-0.15, -0.1) is 0 Å². The van der Waals surface area contributed by atoms with Gasteiger partial charge in [0.2, 0.25) is 10.0 Å². The van der Waals surface area contributed by atoms with Crippen LogP contribution < -0.4 is 10.0 Å². The maximum atomic E-state index is 12.5. The minimum absolute atomic E-state index is 0.309. The summed E-state index contributed by atoms with van der Waals surface area (Å²) in [5, 5.41) is 9.56. The Morgan fingerprint density at radius 1 is 1.00 bits per heavy atom. The zero-order valence-electron chi connectivity index (χ0n) is 13.4. The van der Waals surface area contributed by atoms with Crippen molar-refractivity contribution in [3.63, 3.8) is 0 Å².